The van der Waals surface area contributed by atoms with Crippen LogP contribution in [0.3, 0.4) is 0 Å². The predicted octanol–water partition coefficient (Wildman–Crippen LogP) is 6.27. The smallest absolute Gasteiger partial charge is 0.219 e. The molecular weight excluding hydrogens is 441 g/mol. The molecule has 1 aliphatic rings. The summed E-state index contributed by atoms with van der Waals surface area (Å²) >= 11 is 0. The number of likely N-dealkylation sites (tertiary alicyclic amines) is 1. The largest absolute Gasteiger partial charge is 0.342 e. The maximum absolute atomic E-state index is 13.8. The van der Waals surface area contributed by atoms with E-state index in [4.69, 9.17) is 9.97 Å². The number of carbonyl (C=O) groups excluding carboxylic acids is 1. The molecule has 1 amide bonds. The molecule has 0 radical (unpaired) electrons. The Morgan fingerprint density at radius 1 is 1.26 bits per heavy atom. The summed E-state index contributed by atoms with van der Waals surface area (Å²) in [5, 5.41) is 3.23. The summed E-state index contributed by atoms with van der Waals surface area (Å²) in [4.78, 5) is 28.2. The van der Waals surface area contributed by atoms with Gasteiger partial charge in [0.05, 0.1) is 5.69 Å². The molecule has 0 saturated carbocycles. The monoisotopic (exact) mass is 473 g/mol. The summed E-state index contributed by atoms with van der Waals surface area (Å²) in [6.45, 7) is 7.10. The molecule has 3 heterocycles. The van der Waals surface area contributed by atoms with Crippen LogP contribution in [0.2, 0.25) is 0 Å². The molecule has 1 saturated heterocycles. The van der Waals surface area contributed by atoms with Crippen LogP contribution in [0.1, 0.15) is 62.5 Å². The Kier molecular flexibility index (Phi) is 7.85. The summed E-state index contributed by atoms with van der Waals surface area (Å²) in [7, 11) is 0. The van der Waals surface area contributed by atoms with E-state index in [-0.39, 0.29) is 17.6 Å². The van der Waals surface area contributed by atoms with Gasteiger partial charge in [-0.15, -0.1) is 0 Å². The van der Waals surface area contributed by atoms with Crippen LogP contribution in [-0.4, -0.2) is 38.8 Å². The van der Waals surface area contributed by atoms with Crippen LogP contribution in [0.5, 0.6) is 0 Å². The molecule has 1 fully saturated rings. The summed E-state index contributed by atoms with van der Waals surface area (Å²) in [6.07, 6.45) is 10.0. The molecule has 2 aromatic heterocycles. The number of aryl methyl sites for hydroxylation is 1. The molecular formula is C28H32FN5O. The number of anilines is 2. The third-order valence-corrected chi connectivity index (χ3v) is 6.25. The number of pyridine rings is 1. The van der Waals surface area contributed by atoms with Crippen molar-refractivity contribution in [3.63, 3.8) is 0 Å². The number of rotatable bonds is 7. The zero-order valence-corrected chi connectivity index (χ0v) is 20.6. The van der Waals surface area contributed by atoms with Gasteiger partial charge in [0.15, 0.2) is 0 Å². The minimum atomic E-state index is -0.319. The molecule has 1 unspecified atom stereocenters. The van der Waals surface area contributed by atoms with Crippen molar-refractivity contribution in [1.82, 2.24) is 19.9 Å². The molecule has 0 bridgehead atoms. The molecule has 1 aromatic carbocycles. The molecule has 4 rings (SSSR count). The number of unbranched alkanes of at least 4 members (excludes halogenated alkanes) is 1. The molecule has 182 valence electrons. The highest BCUT2D eigenvalue weighted by molar-refractivity contribution is 5.73. The minimum absolute atomic E-state index is 0.0305. The van der Waals surface area contributed by atoms with Gasteiger partial charge in [0.25, 0.3) is 0 Å². The van der Waals surface area contributed by atoms with Gasteiger partial charge < -0.3 is 10.2 Å². The van der Waals surface area contributed by atoms with E-state index in [0.717, 1.165) is 54.7 Å². The fourth-order valence-corrected chi connectivity index (χ4v) is 4.28. The summed E-state index contributed by atoms with van der Waals surface area (Å²) in [6, 6.07) is 10.3. The first kappa shape index (κ1) is 24.5. The van der Waals surface area contributed by atoms with E-state index in [9.17, 15) is 9.18 Å². The molecule has 3 aromatic rings. The standard InChI is InChI=1S/C28H32FN5O/c1-4-5-6-9-21-14-23(17-30-19(21)2)26-16-27(31-25-12-7-11-24(29)15-25)33-28(32-26)22-10-8-13-34(18-22)20(3)35/h6-7,9,11-12,14-17,22H,4-5,8,10,13,18H2,1-3H3,(H,31,32,33)/b9-6-. The molecule has 6 nitrogen and oxygen atoms in total. The average molecular weight is 474 g/mol. The van der Waals surface area contributed by atoms with Crippen molar-refractivity contribution in [3.05, 3.63) is 71.6 Å². The molecule has 0 aliphatic carbocycles. The Morgan fingerprint density at radius 3 is 2.89 bits per heavy atom. The lowest BCUT2D eigenvalue weighted by molar-refractivity contribution is -0.130. The van der Waals surface area contributed by atoms with E-state index in [1.54, 1.807) is 19.1 Å². The Labute approximate surface area is 206 Å². The van der Waals surface area contributed by atoms with Gasteiger partial charge in [-0.05, 0) is 56.0 Å². The number of amides is 1. The van der Waals surface area contributed by atoms with E-state index in [2.05, 4.69) is 35.4 Å². The lowest BCUT2D eigenvalue weighted by Crippen LogP contribution is -2.38. The number of benzene rings is 1. The zero-order chi connectivity index (χ0) is 24.8. The second-order valence-electron chi connectivity index (χ2n) is 9.03. The van der Waals surface area contributed by atoms with Crippen molar-refractivity contribution in [2.45, 2.75) is 52.4 Å². The fourth-order valence-electron chi connectivity index (χ4n) is 4.28. The minimum Gasteiger partial charge on any atom is -0.342 e. The number of nitrogens with one attached hydrogen (secondary N) is 1. The highest BCUT2D eigenvalue weighted by Crippen LogP contribution is 2.30. The number of nitrogens with zero attached hydrogens (tertiary/aromatic N) is 4. The van der Waals surface area contributed by atoms with Gasteiger partial charge in [0, 0.05) is 55.1 Å². The number of aromatic nitrogens is 3. The van der Waals surface area contributed by atoms with Gasteiger partial charge >= 0.3 is 0 Å². The highest BCUT2D eigenvalue weighted by Gasteiger charge is 2.26. The lowest BCUT2D eigenvalue weighted by Gasteiger charge is -2.31. The first-order valence-electron chi connectivity index (χ1n) is 12.2. The Bertz CT molecular complexity index is 1230. The molecule has 7 heteroatoms. The SMILES string of the molecule is CCC/C=C\c1cc(-c2cc(Nc3cccc(F)c3)nc(C3CCCN(C(C)=O)C3)n2)cnc1C. The van der Waals surface area contributed by atoms with E-state index < -0.39 is 0 Å². The van der Waals surface area contributed by atoms with Crippen molar-refractivity contribution < 1.29 is 9.18 Å². The van der Waals surface area contributed by atoms with Crippen molar-refractivity contribution in [2.75, 3.05) is 18.4 Å². The van der Waals surface area contributed by atoms with Crippen molar-refractivity contribution in [2.24, 2.45) is 0 Å². The van der Waals surface area contributed by atoms with Gasteiger partial charge in [-0.25, -0.2) is 14.4 Å². The number of piperidine rings is 1. The van der Waals surface area contributed by atoms with Crippen LogP contribution in [-0.2, 0) is 4.79 Å². The van der Waals surface area contributed by atoms with Crippen LogP contribution in [0.15, 0.2) is 48.7 Å². The summed E-state index contributed by atoms with van der Waals surface area (Å²) < 4.78 is 13.8. The zero-order valence-electron chi connectivity index (χ0n) is 20.6. The maximum atomic E-state index is 13.8. The van der Waals surface area contributed by atoms with Crippen molar-refractivity contribution >= 4 is 23.5 Å². The van der Waals surface area contributed by atoms with Gasteiger partial charge in [-0.1, -0.05) is 31.6 Å². The molecule has 0 spiro atoms. The number of halogens is 1. The summed E-state index contributed by atoms with van der Waals surface area (Å²) in [5.74, 6) is 1.04. The predicted molar refractivity (Wildman–Crippen MR) is 138 cm³/mol. The number of hydrogen-bond donors (Lipinski definition) is 1. The highest BCUT2D eigenvalue weighted by atomic mass is 19.1. The fraction of sp³-hybridized carbons (Fsp3) is 0.357. The Balaban J connectivity index is 1.74. The average Bonchev–Trinajstić information content (AvgIpc) is 2.85. The van der Waals surface area contributed by atoms with E-state index >= 15 is 0 Å². The first-order valence-corrected chi connectivity index (χ1v) is 12.2. The third-order valence-electron chi connectivity index (χ3n) is 6.25. The third kappa shape index (κ3) is 6.29. The molecule has 1 N–H and O–H groups in total. The van der Waals surface area contributed by atoms with E-state index in [0.29, 0.717) is 23.9 Å². The number of allylic oxidation sites excluding steroid dienone is 1. The van der Waals surface area contributed by atoms with Gasteiger partial charge in [-0.2, -0.15) is 0 Å². The topological polar surface area (TPSA) is 71.0 Å². The maximum Gasteiger partial charge on any atom is 0.219 e. The molecule has 35 heavy (non-hydrogen) atoms. The number of hydrogen-bond acceptors (Lipinski definition) is 5. The van der Waals surface area contributed by atoms with Crippen molar-refractivity contribution in [3.8, 4) is 11.3 Å². The van der Waals surface area contributed by atoms with Crippen LogP contribution < -0.4 is 5.32 Å². The first-order chi connectivity index (χ1) is 16.9. The quantitative estimate of drug-likeness (QED) is 0.438. The van der Waals surface area contributed by atoms with E-state index in [1.807, 2.05) is 24.1 Å². The second-order valence-corrected chi connectivity index (χ2v) is 9.03. The Hall–Kier alpha value is -3.61. The number of carbonyl (C=O) groups is 1. The van der Waals surface area contributed by atoms with Crippen LogP contribution in [0.4, 0.5) is 15.9 Å². The molecule has 1 aliphatic heterocycles. The lowest BCUT2D eigenvalue weighted by atomic mass is 9.96. The molecule has 1 atom stereocenters. The van der Waals surface area contributed by atoms with Crippen LogP contribution in [0.25, 0.3) is 17.3 Å². The normalized spacial score (nSPS) is 16.0. The van der Waals surface area contributed by atoms with Crippen LogP contribution in [0, 0.1) is 12.7 Å². The summed E-state index contributed by atoms with van der Waals surface area (Å²) in [5.41, 5.74) is 4.25. The van der Waals surface area contributed by atoms with Gasteiger partial charge in [0.1, 0.15) is 17.5 Å². The Morgan fingerprint density at radius 2 is 2.11 bits per heavy atom. The van der Waals surface area contributed by atoms with Crippen molar-refractivity contribution in [1.29, 1.82) is 0 Å². The van der Waals surface area contributed by atoms with Gasteiger partial charge in [0.2, 0.25) is 5.91 Å². The second kappa shape index (κ2) is 11.2. The van der Waals surface area contributed by atoms with E-state index in [1.165, 1.54) is 12.1 Å². The van der Waals surface area contributed by atoms with Crippen LogP contribution >= 0.6 is 0 Å². The van der Waals surface area contributed by atoms with Gasteiger partial charge in [-0.3, -0.25) is 9.78 Å².